The zero-order valence-electron chi connectivity index (χ0n) is 8.42. The Balaban J connectivity index is 2.81. The lowest BCUT2D eigenvalue weighted by Crippen LogP contribution is -2.29. The average molecular weight is 229 g/mol. The molecule has 0 fully saturated rings. The SMILES string of the molecule is COc1ccc(C(=O)NCCN)c(Cl)c1. The van der Waals surface area contributed by atoms with Gasteiger partial charge in [-0.1, -0.05) is 11.6 Å². The maximum absolute atomic E-state index is 11.5. The first-order valence-corrected chi connectivity index (χ1v) is 4.88. The van der Waals surface area contributed by atoms with Crippen molar-refractivity contribution in [2.75, 3.05) is 20.2 Å². The summed E-state index contributed by atoms with van der Waals surface area (Å²) >= 11 is 5.91. The van der Waals surface area contributed by atoms with Crippen LogP contribution in [0.5, 0.6) is 5.75 Å². The summed E-state index contributed by atoms with van der Waals surface area (Å²) in [6.45, 7) is 0.834. The van der Waals surface area contributed by atoms with E-state index in [1.807, 2.05) is 0 Å². The molecule has 1 rings (SSSR count). The number of nitrogens with one attached hydrogen (secondary N) is 1. The molecule has 0 bridgehead atoms. The van der Waals surface area contributed by atoms with E-state index in [2.05, 4.69) is 5.32 Å². The number of amides is 1. The molecule has 1 aromatic rings. The minimum Gasteiger partial charge on any atom is -0.497 e. The van der Waals surface area contributed by atoms with Crippen LogP contribution in [0.2, 0.25) is 5.02 Å². The van der Waals surface area contributed by atoms with Gasteiger partial charge in [-0.15, -0.1) is 0 Å². The summed E-state index contributed by atoms with van der Waals surface area (Å²) in [7, 11) is 1.54. The van der Waals surface area contributed by atoms with Gasteiger partial charge in [0.05, 0.1) is 17.7 Å². The molecule has 0 spiro atoms. The molecular weight excluding hydrogens is 216 g/mol. The smallest absolute Gasteiger partial charge is 0.252 e. The van der Waals surface area contributed by atoms with Crippen molar-refractivity contribution < 1.29 is 9.53 Å². The third kappa shape index (κ3) is 3.11. The second-order valence-corrected chi connectivity index (χ2v) is 3.30. The van der Waals surface area contributed by atoms with Gasteiger partial charge < -0.3 is 15.8 Å². The molecule has 5 heteroatoms. The van der Waals surface area contributed by atoms with Gasteiger partial charge in [-0.3, -0.25) is 4.79 Å². The summed E-state index contributed by atoms with van der Waals surface area (Å²) in [4.78, 5) is 11.5. The maximum atomic E-state index is 11.5. The molecule has 1 amide bonds. The second-order valence-electron chi connectivity index (χ2n) is 2.89. The minimum atomic E-state index is -0.229. The van der Waals surface area contributed by atoms with E-state index in [1.54, 1.807) is 25.3 Å². The number of rotatable bonds is 4. The van der Waals surface area contributed by atoms with Crippen LogP contribution in [0.25, 0.3) is 0 Å². The molecule has 0 aliphatic carbocycles. The highest BCUT2D eigenvalue weighted by molar-refractivity contribution is 6.34. The molecular formula is C10H13ClN2O2. The molecule has 15 heavy (non-hydrogen) atoms. The molecule has 0 aliphatic rings. The summed E-state index contributed by atoms with van der Waals surface area (Å²) in [5, 5.41) is 3.00. The summed E-state index contributed by atoms with van der Waals surface area (Å²) in [5.41, 5.74) is 5.69. The van der Waals surface area contributed by atoms with Gasteiger partial charge >= 0.3 is 0 Å². The molecule has 0 saturated carbocycles. The fourth-order valence-electron chi connectivity index (χ4n) is 1.09. The number of methoxy groups -OCH3 is 1. The predicted molar refractivity (Wildman–Crippen MR) is 59.4 cm³/mol. The normalized spacial score (nSPS) is 9.80. The highest BCUT2D eigenvalue weighted by Gasteiger charge is 2.09. The Kier molecular flexibility index (Phi) is 4.39. The van der Waals surface area contributed by atoms with Crippen LogP contribution in [0.4, 0.5) is 0 Å². The highest BCUT2D eigenvalue weighted by atomic mass is 35.5. The summed E-state index contributed by atoms with van der Waals surface area (Å²) in [6, 6.07) is 4.90. The maximum Gasteiger partial charge on any atom is 0.252 e. The first-order chi connectivity index (χ1) is 7.19. The van der Waals surface area contributed by atoms with Gasteiger partial charge in [0.15, 0.2) is 0 Å². The number of carbonyl (C=O) groups excluding carboxylic acids is 1. The topological polar surface area (TPSA) is 64.3 Å². The molecule has 0 aromatic heterocycles. The van der Waals surface area contributed by atoms with Crippen LogP contribution in [0.1, 0.15) is 10.4 Å². The Hall–Kier alpha value is -1.26. The van der Waals surface area contributed by atoms with E-state index in [4.69, 9.17) is 22.1 Å². The zero-order valence-corrected chi connectivity index (χ0v) is 9.17. The number of halogens is 1. The van der Waals surface area contributed by atoms with Crippen molar-refractivity contribution >= 4 is 17.5 Å². The number of benzene rings is 1. The van der Waals surface area contributed by atoms with Crippen molar-refractivity contribution in [3.8, 4) is 5.75 Å². The molecule has 0 heterocycles. The highest BCUT2D eigenvalue weighted by Crippen LogP contribution is 2.22. The van der Waals surface area contributed by atoms with E-state index < -0.39 is 0 Å². The predicted octanol–water partition coefficient (Wildman–Crippen LogP) is 1.04. The number of nitrogens with two attached hydrogens (primary N) is 1. The monoisotopic (exact) mass is 228 g/mol. The van der Waals surface area contributed by atoms with Crippen molar-refractivity contribution in [2.24, 2.45) is 5.73 Å². The van der Waals surface area contributed by atoms with E-state index >= 15 is 0 Å². The Morgan fingerprint density at radius 1 is 1.60 bits per heavy atom. The molecule has 82 valence electrons. The summed E-state index contributed by atoms with van der Waals surface area (Å²) in [5.74, 6) is 0.392. The van der Waals surface area contributed by atoms with Gasteiger partial charge in [-0.05, 0) is 18.2 Å². The van der Waals surface area contributed by atoms with Crippen LogP contribution in [-0.2, 0) is 0 Å². The quantitative estimate of drug-likeness (QED) is 0.809. The van der Waals surface area contributed by atoms with E-state index in [-0.39, 0.29) is 5.91 Å². The van der Waals surface area contributed by atoms with Crippen LogP contribution >= 0.6 is 11.6 Å². The van der Waals surface area contributed by atoms with Crippen molar-refractivity contribution in [3.63, 3.8) is 0 Å². The van der Waals surface area contributed by atoms with E-state index in [9.17, 15) is 4.79 Å². The molecule has 0 unspecified atom stereocenters. The molecule has 3 N–H and O–H groups in total. The van der Waals surface area contributed by atoms with Crippen LogP contribution in [0.3, 0.4) is 0 Å². The van der Waals surface area contributed by atoms with E-state index in [1.165, 1.54) is 0 Å². The fraction of sp³-hybridized carbons (Fsp3) is 0.300. The third-order valence-electron chi connectivity index (χ3n) is 1.85. The minimum absolute atomic E-state index is 0.229. The lowest BCUT2D eigenvalue weighted by Gasteiger charge is -2.06. The van der Waals surface area contributed by atoms with Crippen molar-refractivity contribution in [2.45, 2.75) is 0 Å². The first kappa shape index (κ1) is 11.8. The second kappa shape index (κ2) is 5.58. The first-order valence-electron chi connectivity index (χ1n) is 4.51. The number of carbonyl (C=O) groups is 1. The summed E-state index contributed by atoms with van der Waals surface area (Å²) in [6.07, 6.45) is 0. The van der Waals surface area contributed by atoms with Gasteiger partial charge in [-0.2, -0.15) is 0 Å². The summed E-state index contributed by atoms with van der Waals surface area (Å²) < 4.78 is 4.97. The van der Waals surface area contributed by atoms with Crippen molar-refractivity contribution in [1.82, 2.24) is 5.32 Å². The lowest BCUT2D eigenvalue weighted by molar-refractivity contribution is 0.0955. The van der Waals surface area contributed by atoms with Gasteiger partial charge in [-0.25, -0.2) is 0 Å². The standard InChI is InChI=1S/C10H13ClN2O2/c1-15-7-2-3-8(9(11)6-7)10(14)13-5-4-12/h2-3,6H,4-5,12H2,1H3,(H,13,14). The van der Waals surface area contributed by atoms with E-state index in [0.29, 0.717) is 29.4 Å². The van der Waals surface area contributed by atoms with Crippen LogP contribution in [-0.4, -0.2) is 26.1 Å². The van der Waals surface area contributed by atoms with Gasteiger partial charge in [0.1, 0.15) is 5.75 Å². The van der Waals surface area contributed by atoms with Crippen molar-refractivity contribution in [3.05, 3.63) is 28.8 Å². The molecule has 0 atom stereocenters. The van der Waals surface area contributed by atoms with Crippen molar-refractivity contribution in [1.29, 1.82) is 0 Å². The number of ether oxygens (including phenoxy) is 1. The lowest BCUT2D eigenvalue weighted by atomic mass is 10.2. The van der Waals surface area contributed by atoms with Crippen LogP contribution < -0.4 is 15.8 Å². The molecule has 4 nitrogen and oxygen atoms in total. The fourth-order valence-corrected chi connectivity index (χ4v) is 1.34. The molecule has 1 aromatic carbocycles. The van der Waals surface area contributed by atoms with Crippen LogP contribution in [0, 0.1) is 0 Å². The number of hydrogen-bond donors (Lipinski definition) is 2. The zero-order chi connectivity index (χ0) is 11.3. The van der Waals surface area contributed by atoms with E-state index in [0.717, 1.165) is 0 Å². The van der Waals surface area contributed by atoms with Gasteiger partial charge in [0, 0.05) is 13.1 Å². The number of hydrogen-bond acceptors (Lipinski definition) is 3. The molecule has 0 radical (unpaired) electrons. The van der Waals surface area contributed by atoms with Gasteiger partial charge in [0.2, 0.25) is 0 Å². The Labute approximate surface area is 93.4 Å². The largest absolute Gasteiger partial charge is 0.497 e. The Morgan fingerprint density at radius 3 is 2.87 bits per heavy atom. The molecule has 0 aliphatic heterocycles. The Morgan fingerprint density at radius 2 is 2.33 bits per heavy atom. The third-order valence-corrected chi connectivity index (χ3v) is 2.16. The molecule has 0 saturated heterocycles. The van der Waals surface area contributed by atoms with Gasteiger partial charge in [0.25, 0.3) is 5.91 Å². The van der Waals surface area contributed by atoms with Crippen LogP contribution in [0.15, 0.2) is 18.2 Å². The average Bonchev–Trinajstić information content (AvgIpc) is 2.25. The Bertz CT molecular complexity index is 355.